The Morgan fingerprint density at radius 1 is 1.00 bits per heavy atom. The van der Waals surface area contributed by atoms with Crippen molar-refractivity contribution in [2.75, 3.05) is 19.7 Å². The van der Waals surface area contributed by atoms with E-state index in [1.807, 2.05) is 48.2 Å². The van der Waals surface area contributed by atoms with Crippen LogP contribution in [0.4, 0.5) is 13.2 Å². The topological polar surface area (TPSA) is 124 Å². The number of carboxylic acids is 3. The largest absolute Gasteiger partial charge is 0.494 e. The van der Waals surface area contributed by atoms with Gasteiger partial charge in [0.2, 0.25) is 0 Å². The molecule has 0 spiro atoms. The molecule has 1 aliphatic carbocycles. The van der Waals surface area contributed by atoms with E-state index in [1.165, 1.54) is 0 Å². The zero-order valence-corrected chi connectivity index (χ0v) is 17.6. The van der Waals surface area contributed by atoms with E-state index < -0.39 is 34.9 Å². The van der Waals surface area contributed by atoms with Crippen LogP contribution in [0.2, 0.25) is 0 Å². The Labute approximate surface area is 186 Å². The van der Waals surface area contributed by atoms with E-state index in [0.717, 1.165) is 22.1 Å². The fourth-order valence-electron chi connectivity index (χ4n) is 4.51. The Bertz CT molecular complexity index is 1080. The second-order valence-electron chi connectivity index (χ2n) is 8.10. The molecule has 0 aromatic heterocycles. The normalized spacial score (nSPS) is 23.9. The van der Waals surface area contributed by atoms with Gasteiger partial charge in [-0.05, 0) is 30.2 Å². The summed E-state index contributed by atoms with van der Waals surface area (Å²) in [5, 5.41) is 28.5. The van der Waals surface area contributed by atoms with E-state index >= 15 is 0 Å². The Morgan fingerprint density at radius 3 is 2.03 bits per heavy atom. The summed E-state index contributed by atoms with van der Waals surface area (Å²) in [4.78, 5) is 34.3. The molecule has 2 aromatic rings. The molecule has 3 N–H and O–H groups in total. The van der Waals surface area contributed by atoms with E-state index in [-0.39, 0.29) is 19.5 Å². The molecule has 2 fully saturated rings. The fraction of sp³-hybridized carbons (Fsp3) is 0.409. The minimum Gasteiger partial charge on any atom is -0.494 e. The van der Waals surface area contributed by atoms with Crippen molar-refractivity contribution < 1.29 is 47.6 Å². The Balaban J connectivity index is 0.000000383. The van der Waals surface area contributed by atoms with Gasteiger partial charge in [0.25, 0.3) is 0 Å². The van der Waals surface area contributed by atoms with Gasteiger partial charge in [-0.15, -0.1) is 0 Å². The molecule has 0 radical (unpaired) electrons. The smallest absolute Gasteiger partial charge is 0.490 e. The third-order valence-corrected chi connectivity index (χ3v) is 6.12. The summed E-state index contributed by atoms with van der Waals surface area (Å²) in [7, 11) is 0. The van der Waals surface area contributed by atoms with Crippen LogP contribution in [0.1, 0.15) is 18.9 Å². The maximum atomic E-state index is 11.7. The first-order valence-electron chi connectivity index (χ1n) is 10.0. The lowest BCUT2D eigenvalue weighted by molar-refractivity contribution is -0.192. The predicted octanol–water partition coefficient (Wildman–Crippen LogP) is 3.23. The molecule has 0 amide bonds. The summed E-state index contributed by atoms with van der Waals surface area (Å²) in [5.74, 6) is -4.01. The van der Waals surface area contributed by atoms with E-state index in [1.54, 1.807) is 0 Å². The molecule has 2 atom stereocenters. The molecule has 2 aromatic carbocycles. The minimum absolute atomic E-state index is 0.217. The molecular weight excluding hydrogens is 447 g/mol. The van der Waals surface area contributed by atoms with Gasteiger partial charge in [0.1, 0.15) is 5.75 Å². The number of likely N-dealkylation sites (tertiary alicyclic amines) is 1. The summed E-state index contributed by atoms with van der Waals surface area (Å²) in [6, 6.07) is 11.9. The SMILES string of the molecule is CCOc1ccc2ccccc2c1CN1C[C@@]2(C(=O)O)C[C@@]2(C(=O)O)C1.O=C(O)C(F)(F)F. The molecule has 0 unspecified atom stereocenters. The highest BCUT2D eigenvalue weighted by molar-refractivity contribution is 5.94. The van der Waals surface area contributed by atoms with E-state index in [4.69, 9.17) is 14.6 Å². The van der Waals surface area contributed by atoms with Crippen LogP contribution in [0, 0.1) is 10.8 Å². The first-order valence-corrected chi connectivity index (χ1v) is 10.0. The Hall–Kier alpha value is -3.34. The van der Waals surface area contributed by atoms with Crippen LogP contribution < -0.4 is 4.74 Å². The number of aliphatic carboxylic acids is 3. The van der Waals surface area contributed by atoms with Gasteiger partial charge < -0.3 is 20.1 Å². The molecule has 178 valence electrons. The maximum Gasteiger partial charge on any atom is 0.490 e. The van der Waals surface area contributed by atoms with Crippen molar-refractivity contribution in [1.82, 2.24) is 4.90 Å². The van der Waals surface area contributed by atoms with Gasteiger partial charge in [-0.1, -0.05) is 30.3 Å². The molecular formula is C22H22F3NO7. The number of carbonyl (C=O) groups is 3. The van der Waals surface area contributed by atoms with Gasteiger partial charge in [-0.25, -0.2) is 4.79 Å². The average molecular weight is 469 g/mol. The van der Waals surface area contributed by atoms with Gasteiger partial charge in [-0.3, -0.25) is 14.5 Å². The first-order chi connectivity index (χ1) is 15.4. The Morgan fingerprint density at radius 2 is 1.55 bits per heavy atom. The minimum atomic E-state index is -5.08. The van der Waals surface area contributed by atoms with E-state index in [2.05, 4.69) is 0 Å². The van der Waals surface area contributed by atoms with Crippen molar-refractivity contribution in [3.8, 4) is 5.75 Å². The van der Waals surface area contributed by atoms with Crippen LogP contribution in [-0.4, -0.2) is 64.0 Å². The van der Waals surface area contributed by atoms with E-state index in [9.17, 15) is 33.0 Å². The van der Waals surface area contributed by atoms with Crippen molar-refractivity contribution in [2.45, 2.75) is 26.1 Å². The number of halogens is 3. The molecule has 1 saturated carbocycles. The number of nitrogens with zero attached hydrogens (tertiary/aromatic N) is 1. The van der Waals surface area contributed by atoms with E-state index in [0.29, 0.717) is 13.2 Å². The number of hydrogen-bond acceptors (Lipinski definition) is 5. The molecule has 1 aliphatic heterocycles. The molecule has 0 bridgehead atoms. The number of fused-ring (bicyclic) bond motifs is 2. The zero-order valence-electron chi connectivity index (χ0n) is 17.6. The van der Waals surface area contributed by atoms with Crippen LogP contribution in [0.5, 0.6) is 5.75 Å². The van der Waals surface area contributed by atoms with Crippen molar-refractivity contribution >= 4 is 28.7 Å². The summed E-state index contributed by atoms with van der Waals surface area (Å²) < 4.78 is 37.5. The van der Waals surface area contributed by atoms with Crippen LogP contribution in [0.3, 0.4) is 0 Å². The standard InChI is InChI=1S/C20H21NO5.C2HF3O2/c1-2-26-16-8-7-13-5-3-4-6-14(13)15(16)9-21-11-19(17(22)23)10-20(19,12-21)18(24)25;3-2(4,5)1(6)7/h3-8H,2,9-12H2,1H3,(H,22,23)(H,24,25);(H,6,7)/t19-,20+;. The highest BCUT2D eigenvalue weighted by Gasteiger charge is 2.80. The molecule has 1 heterocycles. The zero-order chi connectivity index (χ0) is 24.6. The summed E-state index contributed by atoms with van der Waals surface area (Å²) in [6.07, 6.45) is -4.87. The maximum absolute atomic E-state index is 11.7. The molecule has 2 aliphatic rings. The molecule has 1 saturated heterocycles. The van der Waals surface area contributed by atoms with Crippen LogP contribution in [0.25, 0.3) is 10.8 Å². The number of carboxylic acid groups (broad SMARTS) is 3. The number of hydrogen-bond donors (Lipinski definition) is 3. The van der Waals surface area contributed by atoms with Gasteiger partial charge in [0.15, 0.2) is 0 Å². The van der Waals surface area contributed by atoms with Gasteiger partial charge in [0.05, 0.1) is 17.4 Å². The van der Waals surface area contributed by atoms with Crippen LogP contribution in [-0.2, 0) is 20.9 Å². The molecule has 33 heavy (non-hydrogen) atoms. The van der Waals surface area contributed by atoms with Gasteiger partial charge in [-0.2, -0.15) is 13.2 Å². The lowest BCUT2D eigenvalue weighted by Crippen LogP contribution is -2.28. The number of ether oxygens (including phenoxy) is 1. The number of alkyl halides is 3. The molecule has 11 heteroatoms. The lowest BCUT2D eigenvalue weighted by atomic mass is 9.97. The summed E-state index contributed by atoms with van der Waals surface area (Å²) in [6.45, 7) is 3.43. The third kappa shape index (κ3) is 4.32. The summed E-state index contributed by atoms with van der Waals surface area (Å²) in [5.41, 5.74) is -1.34. The number of benzene rings is 2. The van der Waals surface area contributed by atoms with Crippen molar-refractivity contribution in [2.24, 2.45) is 10.8 Å². The first kappa shape index (κ1) is 24.3. The quantitative estimate of drug-likeness (QED) is 0.589. The highest BCUT2D eigenvalue weighted by atomic mass is 19.4. The van der Waals surface area contributed by atoms with Crippen molar-refractivity contribution in [3.05, 3.63) is 42.0 Å². The van der Waals surface area contributed by atoms with Crippen molar-refractivity contribution in [3.63, 3.8) is 0 Å². The van der Waals surface area contributed by atoms with Crippen LogP contribution in [0.15, 0.2) is 36.4 Å². The molecule has 4 rings (SSSR count). The predicted molar refractivity (Wildman–Crippen MR) is 109 cm³/mol. The van der Waals surface area contributed by atoms with Gasteiger partial charge in [0, 0.05) is 25.2 Å². The third-order valence-electron chi connectivity index (χ3n) is 6.12. The summed E-state index contributed by atoms with van der Waals surface area (Å²) >= 11 is 0. The fourth-order valence-corrected chi connectivity index (χ4v) is 4.51. The van der Waals surface area contributed by atoms with Gasteiger partial charge >= 0.3 is 24.1 Å². The average Bonchev–Trinajstić information content (AvgIpc) is 3.28. The second-order valence-corrected chi connectivity index (χ2v) is 8.10. The lowest BCUT2D eigenvalue weighted by Gasteiger charge is -2.22. The second kappa shape index (κ2) is 8.54. The monoisotopic (exact) mass is 469 g/mol. The van der Waals surface area contributed by atoms with Crippen LogP contribution >= 0.6 is 0 Å². The highest BCUT2D eigenvalue weighted by Crippen LogP contribution is 2.68. The number of rotatable bonds is 6. The number of piperidine rings is 1. The Kier molecular flexibility index (Phi) is 6.29. The molecule has 8 nitrogen and oxygen atoms in total. The van der Waals surface area contributed by atoms with Crippen molar-refractivity contribution in [1.29, 1.82) is 0 Å².